The molecule has 2 aromatic rings. The Morgan fingerprint density at radius 2 is 2.00 bits per heavy atom. The normalized spacial score (nSPS) is 15.0. The van der Waals surface area contributed by atoms with Gasteiger partial charge in [-0.05, 0) is 44.5 Å². The molecule has 0 fully saturated rings. The van der Waals surface area contributed by atoms with Crippen LogP contribution in [0.25, 0.3) is 0 Å². The van der Waals surface area contributed by atoms with Gasteiger partial charge in [0.25, 0.3) is 0 Å². The van der Waals surface area contributed by atoms with E-state index in [-0.39, 0.29) is 5.60 Å². The van der Waals surface area contributed by atoms with E-state index in [2.05, 4.69) is 26.0 Å². The minimum atomic E-state index is -0.216. The Labute approximate surface area is 124 Å². The van der Waals surface area contributed by atoms with E-state index < -0.39 is 0 Å². The molecular weight excluding hydrogens is 262 g/mol. The van der Waals surface area contributed by atoms with Gasteiger partial charge in [0.1, 0.15) is 17.4 Å². The maximum absolute atomic E-state index is 9.20. The Balaban J connectivity index is 2.00. The second-order valence-electron chi connectivity index (χ2n) is 6.00. The smallest absolute Gasteiger partial charge is 0.169 e. The number of benzene rings is 2. The molecule has 0 spiro atoms. The molecule has 21 heavy (non-hydrogen) atoms. The van der Waals surface area contributed by atoms with Crippen molar-refractivity contribution >= 4 is 0 Å². The van der Waals surface area contributed by atoms with E-state index in [1.807, 2.05) is 31.2 Å². The first-order valence-corrected chi connectivity index (χ1v) is 6.98. The quantitative estimate of drug-likeness (QED) is 0.819. The van der Waals surface area contributed by atoms with Gasteiger partial charge in [0, 0.05) is 12.0 Å². The third-order valence-electron chi connectivity index (χ3n) is 3.53. The number of hydrogen-bond donors (Lipinski definition) is 0. The van der Waals surface area contributed by atoms with E-state index >= 15 is 0 Å². The highest BCUT2D eigenvalue weighted by Gasteiger charge is 2.32. The number of fused-ring (bicyclic) bond motifs is 1. The second-order valence-corrected chi connectivity index (χ2v) is 6.00. The van der Waals surface area contributed by atoms with Gasteiger partial charge in [-0.3, -0.25) is 0 Å². The van der Waals surface area contributed by atoms with Gasteiger partial charge in [-0.1, -0.05) is 18.2 Å². The molecule has 0 saturated heterocycles. The lowest BCUT2D eigenvalue weighted by Gasteiger charge is -2.18. The minimum Gasteiger partial charge on any atom is -0.483 e. The molecule has 0 saturated carbocycles. The van der Waals surface area contributed by atoms with Crippen molar-refractivity contribution in [1.82, 2.24) is 0 Å². The lowest BCUT2D eigenvalue weighted by Crippen LogP contribution is -2.24. The minimum absolute atomic E-state index is 0.216. The van der Waals surface area contributed by atoms with Crippen LogP contribution in [0.5, 0.6) is 17.2 Å². The Bertz CT molecular complexity index is 741. The number of aryl methyl sites for hydroxylation is 1. The van der Waals surface area contributed by atoms with Gasteiger partial charge < -0.3 is 9.47 Å². The molecule has 2 aromatic carbocycles. The second kappa shape index (κ2) is 4.82. The first-order valence-electron chi connectivity index (χ1n) is 6.98. The molecule has 3 heteroatoms. The molecule has 0 radical (unpaired) electrons. The summed E-state index contributed by atoms with van der Waals surface area (Å²) in [4.78, 5) is 0. The molecule has 3 nitrogen and oxygen atoms in total. The van der Waals surface area contributed by atoms with Gasteiger partial charge in [0.2, 0.25) is 0 Å². The van der Waals surface area contributed by atoms with Gasteiger partial charge in [0.05, 0.1) is 5.56 Å². The third-order valence-corrected chi connectivity index (χ3v) is 3.53. The van der Waals surface area contributed by atoms with Gasteiger partial charge in [-0.25, -0.2) is 0 Å². The summed E-state index contributed by atoms with van der Waals surface area (Å²) >= 11 is 0. The van der Waals surface area contributed by atoms with Gasteiger partial charge >= 0.3 is 0 Å². The van der Waals surface area contributed by atoms with Crippen molar-refractivity contribution in [2.75, 3.05) is 0 Å². The predicted octanol–water partition coefficient (Wildman–Crippen LogP) is 4.37. The molecule has 1 aliphatic heterocycles. The molecule has 1 aliphatic rings. The van der Waals surface area contributed by atoms with Gasteiger partial charge in [-0.15, -0.1) is 0 Å². The number of para-hydroxylation sites is 1. The monoisotopic (exact) mass is 279 g/mol. The topological polar surface area (TPSA) is 42.2 Å². The molecule has 0 bridgehead atoms. The van der Waals surface area contributed by atoms with Crippen LogP contribution in [-0.2, 0) is 6.42 Å². The van der Waals surface area contributed by atoms with E-state index in [0.29, 0.717) is 17.1 Å². The van der Waals surface area contributed by atoms with Crippen LogP contribution in [0, 0.1) is 18.3 Å². The zero-order chi connectivity index (χ0) is 15.0. The first-order chi connectivity index (χ1) is 9.98. The van der Waals surface area contributed by atoms with Crippen molar-refractivity contribution < 1.29 is 9.47 Å². The molecule has 106 valence electrons. The Morgan fingerprint density at radius 1 is 1.19 bits per heavy atom. The van der Waals surface area contributed by atoms with Crippen LogP contribution in [0.2, 0.25) is 0 Å². The number of ether oxygens (including phenoxy) is 2. The third kappa shape index (κ3) is 2.57. The van der Waals surface area contributed by atoms with Crippen LogP contribution in [0.1, 0.15) is 30.5 Å². The number of hydrogen-bond acceptors (Lipinski definition) is 3. The van der Waals surface area contributed by atoms with Crippen LogP contribution in [0.15, 0.2) is 36.4 Å². The van der Waals surface area contributed by atoms with Gasteiger partial charge in [0.15, 0.2) is 11.5 Å². The van der Waals surface area contributed by atoms with Crippen LogP contribution in [0.4, 0.5) is 0 Å². The van der Waals surface area contributed by atoms with E-state index in [0.717, 1.165) is 23.3 Å². The fraction of sp³-hybridized carbons (Fsp3) is 0.278. The van der Waals surface area contributed by atoms with Crippen LogP contribution >= 0.6 is 0 Å². The van der Waals surface area contributed by atoms with Crippen molar-refractivity contribution in [1.29, 1.82) is 5.26 Å². The fourth-order valence-electron chi connectivity index (χ4n) is 2.59. The lowest BCUT2D eigenvalue weighted by atomic mass is 10.0. The summed E-state index contributed by atoms with van der Waals surface area (Å²) in [5, 5.41) is 9.20. The molecule has 0 aromatic heterocycles. The number of nitrogens with zero attached hydrogens (tertiary/aromatic N) is 1. The Morgan fingerprint density at radius 3 is 2.76 bits per heavy atom. The van der Waals surface area contributed by atoms with Crippen LogP contribution < -0.4 is 9.47 Å². The first kappa shape index (κ1) is 13.5. The standard InChI is InChI=1S/C18H17NO2/c1-12-7-8-14(11-19)16(9-12)20-15-6-4-5-13-10-18(2,3)21-17(13)15/h4-9H,10H2,1-3H3. The molecule has 0 aliphatic carbocycles. The Kier molecular flexibility index (Phi) is 3.10. The molecule has 1 heterocycles. The molecule has 3 rings (SSSR count). The van der Waals surface area contributed by atoms with Crippen molar-refractivity contribution in [2.24, 2.45) is 0 Å². The maximum atomic E-state index is 9.20. The zero-order valence-electron chi connectivity index (χ0n) is 12.4. The average molecular weight is 279 g/mol. The van der Waals surface area contributed by atoms with Crippen molar-refractivity contribution in [3.05, 3.63) is 53.1 Å². The highest BCUT2D eigenvalue weighted by Crippen LogP contribution is 2.43. The number of nitriles is 1. The number of rotatable bonds is 2. The molecular formula is C18H17NO2. The van der Waals surface area contributed by atoms with Crippen molar-refractivity contribution in [3.63, 3.8) is 0 Å². The predicted molar refractivity (Wildman–Crippen MR) is 80.8 cm³/mol. The van der Waals surface area contributed by atoms with E-state index in [9.17, 15) is 5.26 Å². The lowest BCUT2D eigenvalue weighted by molar-refractivity contribution is 0.135. The fourth-order valence-corrected chi connectivity index (χ4v) is 2.59. The summed E-state index contributed by atoms with van der Waals surface area (Å²) in [6.45, 7) is 6.09. The summed E-state index contributed by atoms with van der Waals surface area (Å²) < 4.78 is 12.0. The van der Waals surface area contributed by atoms with Gasteiger partial charge in [-0.2, -0.15) is 5.26 Å². The Hall–Kier alpha value is -2.47. The largest absolute Gasteiger partial charge is 0.483 e. The SMILES string of the molecule is Cc1ccc(C#N)c(Oc2cccc3c2OC(C)(C)C3)c1. The zero-order valence-corrected chi connectivity index (χ0v) is 12.4. The molecule has 0 amide bonds. The summed E-state index contributed by atoms with van der Waals surface area (Å²) in [7, 11) is 0. The highest BCUT2D eigenvalue weighted by atomic mass is 16.5. The summed E-state index contributed by atoms with van der Waals surface area (Å²) in [6, 6.07) is 13.6. The van der Waals surface area contributed by atoms with E-state index in [1.165, 1.54) is 0 Å². The van der Waals surface area contributed by atoms with Crippen LogP contribution in [0.3, 0.4) is 0 Å². The summed E-state index contributed by atoms with van der Waals surface area (Å²) in [6.07, 6.45) is 0.860. The van der Waals surface area contributed by atoms with Crippen LogP contribution in [-0.4, -0.2) is 5.60 Å². The maximum Gasteiger partial charge on any atom is 0.169 e. The van der Waals surface area contributed by atoms with Crippen molar-refractivity contribution in [2.45, 2.75) is 32.8 Å². The van der Waals surface area contributed by atoms with E-state index in [4.69, 9.17) is 9.47 Å². The average Bonchev–Trinajstić information content (AvgIpc) is 2.74. The summed E-state index contributed by atoms with van der Waals surface area (Å²) in [5.41, 5.74) is 2.50. The molecule has 0 atom stereocenters. The molecule has 0 N–H and O–H groups in total. The van der Waals surface area contributed by atoms with Crippen molar-refractivity contribution in [3.8, 4) is 23.3 Å². The summed E-state index contributed by atoms with van der Waals surface area (Å²) in [5.74, 6) is 2.02. The molecule has 0 unspecified atom stereocenters. The van der Waals surface area contributed by atoms with E-state index in [1.54, 1.807) is 6.07 Å². The highest BCUT2D eigenvalue weighted by molar-refractivity contribution is 5.54.